The molecule has 0 spiro atoms. The number of carbonyl (C=O) groups excluding carboxylic acids is 1. The van der Waals surface area contributed by atoms with Crippen LogP contribution >= 0.6 is 0 Å². The number of fused-ring (bicyclic) bond motifs is 1. The molecule has 3 atom stereocenters. The Balaban J connectivity index is 1.70. The first-order valence-electron chi connectivity index (χ1n) is 7.87. The van der Waals surface area contributed by atoms with Gasteiger partial charge in [0.05, 0.1) is 38.1 Å². The highest BCUT2D eigenvalue weighted by Gasteiger charge is 2.35. The van der Waals surface area contributed by atoms with E-state index in [-0.39, 0.29) is 35.5 Å². The molecule has 3 rings (SSSR count). The molecule has 23 heavy (non-hydrogen) atoms. The van der Waals surface area contributed by atoms with Gasteiger partial charge in [0.1, 0.15) is 5.75 Å². The summed E-state index contributed by atoms with van der Waals surface area (Å²) in [7, 11) is 3.06. The van der Waals surface area contributed by atoms with Crippen LogP contribution in [0.4, 0.5) is 0 Å². The van der Waals surface area contributed by atoms with E-state index in [1.807, 2.05) is 0 Å². The Bertz CT molecular complexity index is 642. The molecule has 2 heterocycles. The topological polar surface area (TPSA) is 78.8 Å². The number of carbonyl (C=O) groups is 1. The zero-order valence-corrected chi connectivity index (χ0v) is 13.4. The second-order valence-electron chi connectivity index (χ2n) is 6.01. The van der Waals surface area contributed by atoms with E-state index in [4.69, 9.17) is 14.2 Å². The van der Waals surface area contributed by atoms with Gasteiger partial charge in [-0.05, 0) is 19.3 Å². The Kier molecular flexibility index (Phi) is 4.68. The van der Waals surface area contributed by atoms with E-state index < -0.39 is 0 Å². The maximum Gasteiger partial charge on any atom is 0.256 e. The zero-order valence-electron chi connectivity index (χ0n) is 13.4. The molecule has 2 fully saturated rings. The van der Waals surface area contributed by atoms with Crippen LogP contribution in [0.3, 0.4) is 0 Å². The highest BCUT2D eigenvalue weighted by molar-refractivity contribution is 5.96. The van der Waals surface area contributed by atoms with Gasteiger partial charge in [0.15, 0.2) is 0 Å². The van der Waals surface area contributed by atoms with Crippen molar-refractivity contribution in [3.8, 4) is 5.75 Å². The van der Waals surface area contributed by atoms with Crippen LogP contribution in [0.5, 0.6) is 5.75 Å². The third kappa shape index (κ3) is 3.40. The smallest absolute Gasteiger partial charge is 0.256 e. The summed E-state index contributed by atoms with van der Waals surface area (Å²) >= 11 is 0. The number of aryl methyl sites for hydroxylation is 1. The van der Waals surface area contributed by atoms with Crippen LogP contribution in [-0.4, -0.2) is 49.0 Å². The molecule has 0 bridgehead atoms. The second-order valence-corrected chi connectivity index (χ2v) is 6.01. The summed E-state index contributed by atoms with van der Waals surface area (Å²) in [6, 6.07) is 1.36. The Morgan fingerprint density at radius 2 is 2.04 bits per heavy atom. The van der Waals surface area contributed by atoms with Crippen LogP contribution in [-0.2, 0) is 16.5 Å². The molecule has 126 valence electrons. The lowest BCUT2D eigenvalue weighted by molar-refractivity contribution is -0.157. The molecular weight excluding hydrogens is 300 g/mol. The highest BCUT2D eigenvalue weighted by Crippen LogP contribution is 2.27. The normalized spacial score (nSPS) is 27.1. The molecule has 7 heteroatoms. The first-order valence-corrected chi connectivity index (χ1v) is 7.87. The number of amides is 1. The minimum atomic E-state index is -0.238. The van der Waals surface area contributed by atoms with Crippen LogP contribution in [0.1, 0.15) is 29.6 Å². The van der Waals surface area contributed by atoms with Crippen molar-refractivity contribution in [3.63, 3.8) is 0 Å². The van der Waals surface area contributed by atoms with Gasteiger partial charge in [-0.15, -0.1) is 0 Å². The summed E-state index contributed by atoms with van der Waals surface area (Å²) in [5.41, 5.74) is 0.143. The van der Waals surface area contributed by atoms with Crippen molar-refractivity contribution >= 4 is 5.91 Å². The number of aromatic nitrogens is 1. The van der Waals surface area contributed by atoms with E-state index in [0.29, 0.717) is 18.8 Å². The molecule has 0 aromatic carbocycles. The molecule has 1 saturated carbocycles. The third-order valence-electron chi connectivity index (χ3n) is 4.47. The molecule has 0 radical (unpaired) electrons. The molecule has 1 aromatic rings. The van der Waals surface area contributed by atoms with Crippen molar-refractivity contribution in [2.75, 3.05) is 20.3 Å². The maximum atomic E-state index is 12.5. The number of nitrogens with one attached hydrogen (secondary N) is 1. The first kappa shape index (κ1) is 16.0. The van der Waals surface area contributed by atoms with Crippen LogP contribution in [0.15, 0.2) is 17.1 Å². The number of hydrogen-bond donors (Lipinski definition) is 1. The summed E-state index contributed by atoms with van der Waals surface area (Å²) in [5, 5.41) is 3.02. The van der Waals surface area contributed by atoms with Gasteiger partial charge in [-0.25, -0.2) is 0 Å². The summed E-state index contributed by atoms with van der Waals surface area (Å²) < 4.78 is 17.9. The molecule has 7 nitrogen and oxygen atoms in total. The van der Waals surface area contributed by atoms with Crippen molar-refractivity contribution < 1.29 is 19.0 Å². The first-order chi connectivity index (χ1) is 11.1. The van der Waals surface area contributed by atoms with Crippen molar-refractivity contribution in [2.45, 2.75) is 37.5 Å². The predicted octanol–water partition coefficient (Wildman–Crippen LogP) is 0.460. The van der Waals surface area contributed by atoms with Gasteiger partial charge < -0.3 is 24.1 Å². The van der Waals surface area contributed by atoms with E-state index in [1.165, 1.54) is 23.9 Å². The summed E-state index contributed by atoms with van der Waals surface area (Å²) in [6.45, 7) is 1.25. The van der Waals surface area contributed by atoms with Crippen molar-refractivity contribution in [2.24, 2.45) is 7.05 Å². The average molecular weight is 322 g/mol. The summed E-state index contributed by atoms with van der Waals surface area (Å²) in [6.07, 6.45) is 4.16. The average Bonchev–Trinajstić information content (AvgIpc) is 2.56. The molecular formula is C16H22N2O5. The van der Waals surface area contributed by atoms with E-state index in [1.54, 1.807) is 7.05 Å². The number of methoxy groups -OCH3 is 1. The molecule has 2 aliphatic rings. The minimum Gasteiger partial charge on any atom is -0.496 e. The lowest BCUT2D eigenvalue weighted by Crippen LogP contribution is -2.49. The number of pyridine rings is 1. The standard InChI is InChI=1S/C16H22N2O5/c1-18-9-11(13(21-2)8-15(18)19)16(20)17-10-3-4-12-14(7-10)23-6-5-22-12/h8-10,12,14H,3-7H2,1-2H3,(H,17,20)/t10-,12-,14+/m1/s1. The van der Waals surface area contributed by atoms with Gasteiger partial charge in [0.25, 0.3) is 11.5 Å². The summed E-state index contributed by atoms with van der Waals surface area (Å²) in [4.78, 5) is 24.2. The molecule has 1 amide bonds. The second kappa shape index (κ2) is 6.72. The van der Waals surface area contributed by atoms with E-state index in [2.05, 4.69) is 5.32 Å². The van der Waals surface area contributed by atoms with Crippen molar-refractivity contribution in [1.82, 2.24) is 9.88 Å². The largest absolute Gasteiger partial charge is 0.496 e. The Hall–Kier alpha value is -1.86. The molecule has 1 aliphatic heterocycles. The Morgan fingerprint density at radius 1 is 1.30 bits per heavy atom. The van der Waals surface area contributed by atoms with Gasteiger partial charge >= 0.3 is 0 Å². The highest BCUT2D eigenvalue weighted by atomic mass is 16.6. The molecule has 0 unspecified atom stereocenters. The molecule has 1 N–H and O–H groups in total. The number of ether oxygens (including phenoxy) is 3. The Morgan fingerprint density at radius 3 is 2.78 bits per heavy atom. The van der Waals surface area contributed by atoms with Crippen molar-refractivity contribution in [1.29, 1.82) is 0 Å². The van der Waals surface area contributed by atoms with Crippen molar-refractivity contribution in [3.05, 3.63) is 28.2 Å². The maximum absolute atomic E-state index is 12.5. The zero-order chi connectivity index (χ0) is 16.4. The number of rotatable bonds is 3. The molecule has 1 aromatic heterocycles. The number of hydrogen-bond acceptors (Lipinski definition) is 5. The molecule has 1 aliphatic carbocycles. The number of nitrogens with zero attached hydrogens (tertiary/aromatic N) is 1. The van der Waals surface area contributed by atoms with Gasteiger partial charge in [0.2, 0.25) is 0 Å². The fourth-order valence-electron chi connectivity index (χ4n) is 3.21. The van der Waals surface area contributed by atoms with Gasteiger partial charge in [-0.2, -0.15) is 0 Å². The molecule has 1 saturated heterocycles. The Labute approximate surface area is 134 Å². The third-order valence-corrected chi connectivity index (χ3v) is 4.47. The fourth-order valence-corrected chi connectivity index (χ4v) is 3.21. The fraction of sp³-hybridized carbons (Fsp3) is 0.625. The lowest BCUT2D eigenvalue weighted by Gasteiger charge is -2.39. The van der Waals surface area contributed by atoms with Crippen LogP contribution in [0, 0.1) is 0 Å². The van der Waals surface area contributed by atoms with Crippen LogP contribution < -0.4 is 15.6 Å². The predicted molar refractivity (Wildman–Crippen MR) is 82.8 cm³/mol. The van der Waals surface area contributed by atoms with E-state index in [0.717, 1.165) is 19.3 Å². The van der Waals surface area contributed by atoms with Gasteiger partial charge in [0, 0.05) is 25.4 Å². The van der Waals surface area contributed by atoms with Gasteiger partial charge in [-0.3, -0.25) is 9.59 Å². The van der Waals surface area contributed by atoms with E-state index >= 15 is 0 Å². The quantitative estimate of drug-likeness (QED) is 0.875. The SMILES string of the molecule is COc1cc(=O)n(C)cc1C(=O)N[C@@H]1CC[C@H]2OCCO[C@H]2C1. The minimum absolute atomic E-state index is 0.0346. The van der Waals surface area contributed by atoms with E-state index in [9.17, 15) is 9.59 Å². The lowest BCUT2D eigenvalue weighted by atomic mass is 9.89. The van der Waals surface area contributed by atoms with Crippen LogP contribution in [0.25, 0.3) is 0 Å². The summed E-state index contributed by atoms with van der Waals surface area (Å²) in [5.74, 6) is 0.0502. The monoisotopic (exact) mass is 322 g/mol. The van der Waals surface area contributed by atoms with Crippen LogP contribution in [0.2, 0.25) is 0 Å². The van der Waals surface area contributed by atoms with Gasteiger partial charge in [-0.1, -0.05) is 0 Å².